The normalized spacial score (nSPS) is 10.2. The maximum absolute atomic E-state index is 10.9. The number of benzene rings is 1. The van der Waals surface area contributed by atoms with Crippen molar-refractivity contribution in [3.63, 3.8) is 0 Å². The standard InChI is InChI=1S/C13H13NO6/c1-17-8-4-5-9(18-2)12(19-3)11(8)10-6-7(13(15)16)14-20-10/h4-6H,1-3H3,(H,15,16). The Morgan fingerprint density at radius 2 is 1.80 bits per heavy atom. The van der Waals surface area contributed by atoms with Crippen LogP contribution in [0.3, 0.4) is 0 Å². The van der Waals surface area contributed by atoms with Crippen molar-refractivity contribution in [3.8, 4) is 28.6 Å². The Hall–Kier alpha value is -2.70. The van der Waals surface area contributed by atoms with Crippen LogP contribution in [-0.4, -0.2) is 37.6 Å². The molecule has 0 bridgehead atoms. The first-order valence-electron chi connectivity index (χ1n) is 5.61. The Bertz CT molecular complexity index is 634. The summed E-state index contributed by atoms with van der Waals surface area (Å²) < 4.78 is 20.8. The molecular weight excluding hydrogens is 266 g/mol. The second kappa shape index (κ2) is 5.52. The van der Waals surface area contributed by atoms with Crippen LogP contribution in [0.25, 0.3) is 11.3 Å². The van der Waals surface area contributed by atoms with E-state index in [1.165, 1.54) is 27.4 Å². The average molecular weight is 279 g/mol. The molecule has 7 heteroatoms. The number of rotatable bonds is 5. The number of carboxylic acids is 1. The topological polar surface area (TPSA) is 91.0 Å². The monoisotopic (exact) mass is 279 g/mol. The van der Waals surface area contributed by atoms with Gasteiger partial charge in [-0.2, -0.15) is 0 Å². The quantitative estimate of drug-likeness (QED) is 0.895. The zero-order chi connectivity index (χ0) is 14.7. The Balaban J connectivity index is 2.65. The summed E-state index contributed by atoms with van der Waals surface area (Å²) in [4.78, 5) is 10.9. The van der Waals surface area contributed by atoms with Gasteiger partial charge in [0.05, 0.1) is 21.3 Å². The van der Waals surface area contributed by atoms with Crippen LogP contribution in [0, 0.1) is 0 Å². The zero-order valence-corrected chi connectivity index (χ0v) is 11.2. The van der Waals surface area contributed by atoms with E-state index in [-0.39, 0.29) is 11.5 Å². The van der Waals surface area contributed by atoms with Crippen LogP contribution in [0.2, 0.25) is 0 Å². The number of nitrogens with zero attached hydrogens (tertiary/aromatic N) is 1. The highest BCUT2D eigenvalue weighted by atomic mass is 16.5. The third kappa shape index (κ3) is 2.25. The number of carboxylic acid groups (broad SMARTS) is 1. The largest absolute Gasteiger partial charge is 0.496 e. The van der Waals surface area contributed by atoms with E-state index >= 15 is 0 Å². The highest BCUT2D eigenvalue weighted by molar-refractivity contribution is 5.87. The smallest absolute Gasteiger partial charge is 0.358 e. The molecule has 106 valence electrons. The number of ether oxygens (including phenoxy) is 3. The van der Waals surface area contributed by atoms with Crippen LogP contribution in [-0.2, 0) is 0 Å². The highest BCUT2D eigenvalue weighted by Gasteiger charge is 2.22. The van der Waals surface area contributed by atoms with Crippen LogP contribution in [0.4, 0.5) is 0 Å². The van der Waals surface area contributed by atoms with Gasteiger partial charge in [0.1, 0.15) is 11.3 Å². The van der Waals surface area contributed by atoms with E-state index in [1.807, 2.05) is 0 Å². The van der Waals surface area contributed by atoms with E-state index in [4.69, 9.17) is 23.8 Å². The van der Waals surface area contributed by atoms with Gasteiger partial charge < -0.3 is 23.8 Å². The van der Waals surface area contributed by atoms with Gasteiger partial charge >= 0.3 is 5.97 Å². The van der Waals surface area contributed by atoms with Crippen molar-refractivity contribution in [2.45, 2.75) is 0 Å². The van der Waals surface area contributed by atoms with Crippen molar-refractivity contribution in [3.05, 3.63) is 23.9 Å². The zero-order valence-electron chi connectivity index (χ0n) is 11.2. The van der Waals surface area contributed by atoms with Crippen molar-refractivity contribution in [1.29, 1.82) is 0 Å². The first-order chi connectivity index (χ1) is 9.62. The third-order valence-electron chi connectivity index (χ3n) is 2.70. The van der Waals surface area contributed by atoms with Gasteiger partial charge in [0.25, 0.3) is 0 Å². The minimum absolute atomic E-state index is 0.202. The molecule has 0 atom stereocenters. The molecule has 20 heavy (non-hydrogen) atoms. The first-order valence-corrected chi connectivity index (χ1v) is 5.61. The molecule has 0 aliphatic carbocycles. The lowest BCUT2D eigenvalue weighted by Gasteiger charge is -2.14. The van der Waals surface area contributed by atoms with Crippen molar-refractivity contribution in [2.75, 3.05) is 21.3 Å². The second-order valence-corrected chi connectivity index (χ2v) is 3.76. The molecule has 0 saturated heterocycles. The molecule has 0 saturated carbocycles. The third-order valence-corrected chi connectivity index (χ3v) is 2.70. The molecule has 2 rings (SSSR count). The summed E-state index contributed by atoms with van der Waals surface area (Å²) in [7, 11) is 4.45. The van der Waals surface area contributed by atoms with Crippen LogP contribution in [0.15, 0.2) is 22.7 Å². The minimum Gasteiger partial charge on any atom is -0.496 e. The van der Waals surface area contributed by atoms with E-state index < -0.39 is 5.97 Å². The number of aromatic carboxylic acids is 1. The molecule has 1 aromatic heterocycles. The molecular formula is C13H13NO6. The maximum Gasteiger partial charge on any atom is 0.358 e. The predicted octanol–water partition coefficient (Wildman–Crippen LogP) is 2.07. The molecule has 1 N–H and O–H groups in total. The summed E-state index contributed by atoms with van der Waals surface area (Å²) in [6.45, 7) is 0. The van der Waals surface area contributed by atoms with E-state index in [1.54, 1.807) is 12.1 Å². The van der Waals surface area contributed by atoms with Gasteiger partial charge in [-0.05, 0) is 12.1 Å². The van der Waals surface area contributed by atoms with E-state index in [0.717, 1.165) is 0 Å². The lowest BCUT2D eigenvalue weighted by molar-refractivity contribution is 0.0686. The number of hydrogen-bond acceptors (Lipinski definition) is 6. The Morgan fingerprint density at radius 3 is 2.30 bits per heavy atom. The second-order valence-electron chi connectivity index (χ2n) is 3.76. The number of aromatic nitrogens is 1. The average Bonchev–Trinajstić information content (AvgIpc) is 2.95. The van der Waals surface area contributed by atoms with Crippen molar-refractivity contribution in [2.24, 2.45) is 0 Å². The lowest BCUT2D eigenvalue weighted by atomic mass is 10.1. The maximum atomic E-state index is 10.9. The van der Waals surface area contributed by atoms with Gasteiger partial charge in [0, 0.05) is 6.07 Å². The minimum atomic E-state index is -1.18. The predicted molar refractivity (Wildman–Crippen MR) is 68.6 cm³/mol. The summed E-state index contributed by atoms with van der Waals surface area (Å²) in [6, 6.07) is 4.64. The Kier molecular flexibility index (Phi) is 3.79. The summed E-state index contributed by atoms with van der Waals surface area (Å²) in [5.74, 6) is 0.336. The van der Waals surface area contributed by atoms with Crippen molar-refractivity contribution in [1.82, 2.24) is 5.16 Å². The van der Waals surface area contributed by atoms with Crippen LogP contribution >= 0.6 is 0 Å². The van der Waals surface area contributed by atoms with Gasteiger partial charge in [-0.15, -0.1) is 0 Å². The summed E-state index contributed by atoms with van der Waals surface area (Å²) in [5, 5.41) is 12.4. The Morgan fingerprint density at radius 1 is 1.15 bits per heavy atom. The van der Waals surface area contributed by atoms with E-state index in [2.05, 4.69) is 5.16 Å². The summed E-state index contributed by atoms with van der Waals surface area (Å²) in [5.41, 5.74) is 0.237. The lowest BCUT2D eigenvalue weighted by Crippen LogP contribution is -1.96. The van der Waals surface area contributed by atoms with Gasteiger partial charge in [-0.3, -0.25) is 0 Å². The van der Waals surface area contributed by atoms with Gasteiger partial charge in [0.15, 0.2) is 23.0 Å². The fourth-order valence-electron chi connectivity index (χ4n) is 1.81. The van der Waals surface area contributed by atoms with Gasteiger partial charge in [0.2, 0.25) is 0 Å². The Labute approximate surface area is 114 Å². The van der Waals surface area contributed by atoms with E-state index in [0.29, 0.717) is 22.8 Å². The molecule has 7 nitrogen and oxygen atoms in total. The SMILES string of the molecule is COc1ccc(OC)c(-c2cc(C(=O)O)no2)c1OC. The fraction of sp³-hybridized carbons (Fsp3) is 0.231. The molecule has 0 unspecified atom stereocenters. The first kappa shape index (κ1) is 13.7. The number of carbonyl (C=O) groups is 1. The molecule has 0 spiro atoms. The number of hydrogen-bond donors (Lipinski definition) is 1. The van der Waals surface area contributed by atoms with Gasteiger partial charge in [-0.25, -0.2) is 4.79 Å². The molecule has 0 aliphatic rings. The van der Waals surface area contributed by atoms with Crippen LogP contribution in [0.5, 0.6) is 17.2 Å². The molecule has 1 aromatic carbocycles. The molecule has 0 radical (unpaired) electrons. The van der Waals surface area contributed by atoms with Crippen LogP contribution < -0.4 is 14.2 Å². The number of methoxy groups -OCH3 is 3. The summed E-state index contributed by atoms with van der Waals surface area (Å²) in [6.07, 6.45) is 0. The van der Waals surface area contributed by atoms with Crippen molar-refractivity contribution >= 4 is 5.97 Å². The fourth-order valence-corrected chi connectivity index (χ4v) is 1.81. The highest BCUT2D eigenvalue weighted by Crippen LogP contribution is 2.44. The molecule has 1 heterocycles. The molecule has 0 amide bonds. The van der Waals surface area contributed by atoms with Crippen molar-refractivity contribution < 1.29 is 28.6 Å². The van der Waals surface area contributed by atoms with Crippen LogP contribution in [0.1, 0.15) is 10.5 Å². The molecule has 2 aromatic rings. The van der Waals surface area contributed by atoms with Gasteiger partial charge in [-0.1, -0.05) is 5.16 Å². The summed E-state index contributed by atoms with van der Waals surface area (Å²) >= 11 is 0. The van der Waals surface area contributed by atoms with E-state index in [9.17, 15) is 4.79 Å². The molecule has 0 aliphatic heterocycles. The molecule has 0 fully saturated rings.